The number of amides is 1. The van der Waals surface area contributed by atoms with Crippen molar-refractivity contribution in [3.63, 3.8) is 0 Å². The van der Waals surface area contributed by atoms with Gasteiger partial charge < -0.3 is 11.1 Å². The summed E-state index contributed by atoms with van der Waals surface area (Å²) in [5.74, 6) is 0.0692. The number of rotatable bonds is 3. The summed E-state index contributed by atoms with van der Waals surface area (Å²) in [5, 5.41) is 3.15. The third-order valence-corrected chi connectivity index (χ3v) is 4.63. The van der Waals surface area contributed by atoms with E-state index in [0.717, 1.165) is 38.5 Å². The molecule has 0 atom stereocenters. The van der Waals surface area contributed by atoms with Gasteiger partial charge in [-0.15, -0.1) is 0 Å². The van der Waals surface area contributed by atoms with Crippen molar-refractivity contribution in [2.75, 3.05) is 0 Å². The molecule has 2 aliphatic carbocycles. The second-order valence-corrected chi connectivity index (χ2v) is 5.96. The van der Waals surface area contributed by atoms with Crippen LogP contribution in [-0.4, -0.2) is 16.4 Å². The van der Waals surface area contributed by atoms with E-state index in [0.29, 0.717) is 4.99 Å². The standard InChI is InChI=1S/C12H20N2OS/c1-11(5-4-6-11)14-10(15)12(9(13)16)7-2-3-8-12/h2-8H2,1H3,(H2,13,16)(H,14,15). The lowest BCUT2D eigenvalue weighted by Crippen LogP contribution is -2.57. The summed E-state index contributed by atoms with van der Waals surface area (Å²) in [6.45, 7) is 2.11. The van der Waals surface area contributed by atoms with Gasteiger partial charge in [0.05, 0.1) is 10.4 Å². The van der Waals surface area contributed by atoms with Crippen molar-refractivity contribution in [1.29, 1.82) is 0 Å². The zero-order valence-corrected chi connectivity index (χ0v) is 10.7. The number of hydrogen-bond acceptors (Lipinski definition) is 2. The van der Waals surface area contributed by atoms with Crippen LogP contribution in [0.1, 0.15) is 51.9 Å². The van der Waals surface area contributed by atoms with E-state index in [1.165, 1.54) is 6.42 Å². The number of thiocarbonyl (C=S) groups is 1. The Morgan fingerprint density at radius 2 is 1.75 bits per heavy atom. The molecule has 0 aromatic rings. The summed E-state index contributed by atoms with van der Waals surface area (Å²) in [5.41, 5.74) is 5.23. The third-order valence-electron chi connectivity index (χ3n) is 4.24. The van der Waals surface area contributed by atoms with Gasteiger partial charge in [-0.25, -0.2) is 0 Å². The molecule has 4 heteroatoms. The monoisotopic (exact) mass is 240 g/mol. The first-order chi connectivity index (χ1) is 7.49. The van der Waals surface area contributed by atoms with Crippen molar-refractivity contribution in [2.45, 2.75) is 57.4 Å². The van der Waals surface area contributed by atoms with Crippen LogP contribution in [0.3, 0.4) is 0 Å². The molecule has 0 radical (unpaired) electrons. The molecule has 90 valence electrons. The Morgan fingerprint density at radius 1 is 1.19 bits per heavy atom. The maximum atomic E-state index is 12.3. The fourth-order valence-corrected chi connectivity index (χ4v) is 3.09. The largest absolute Gasteiger partial charge is 0.392 e. The fourth-order valence-electron chi connectivity index (χ4n) is 2.79. The minimum Gasteiger partial charge on any atom is -0.392 e. The van der Waals surface area contributed by atoms with Crippen molar-refractivity contribution in [1.82, 2.24) is 5.32 Å². The Kier molecular flexibility index (Phi) is 2.95. The number of nitrogens with two attached hydrogens (primary N) is 1. The quantitative estimate of drug-likeness (QED) is 0.741. The van der Waals surface area contributed by atoms with Gasteiger partial charge in [0.1, 0.15) is 0 Å². The highest BCUT2D eigenvalue weighted by Gasteiger charge is 2.46. The van der Waals surface area contributed by atoms with Crippen molar-refractivity contribution in [2.24, 2.45) is 11.1 Å². The zero-order valence-electron chi connectivity index (χ0n) is 9.84. The van der Waals surface area contributed by atoms with E-state index >= 15 is 0 Å². The SMILES string of the molecule is CC1(NC(=O)C2(C(N)=S)CCCC2)CCC1. The number of carbonyl (C=O) groups excluding carboxylic acids is 1. The van der Waals surface area contributed by atoms with Crippen molar-refractivity contribution >= 4 is 23.1 Å². The lowest BCUT2D eigenvalue weighted by Gasteiger charge is -2.41. The van der Waals surface area contributed by atoms with Gasteiger partial charge in [0.2, 0.25) is 5.91 Å². The predicted molar refractivity (Wildman–Crippen MR) is 68.1 cm³/mol. The first kappa shape index (κ1) is 11.8. The summed E-state index contributed by atoms with van der Waals surface area (Å²) in [4.78, 5) is 12.7. The van der Waals surface area contributed by atoms with Crippen molar-refractivity contribution < 1.29 is 4.79 Å². The zero-order chi connectivity index (χ0) is 11.8. The van der Waals surface area contributed by atoms with E-state index in [9.17, 15) is 4.79 Å². The van der Waals surface area contributed by atoms with E-state index in [2.05, 4.69) is 12.2 Å². The molecule has 3 N–H and O–H groups in total. The van der Waals surface area contributed by atoms with E-state index < -0.39 is 5.41 Å². The molecule has 0 saturated heterocycles. The Balaban J connectivity index is 2.09. The Bertz CT molecular complexity index is 317. The minimum atomic E-state index is -0.548. The number of carbonyl (C=O) groups is 1. The molecule has 0 aromatic carbocycles. The van der Waals surface area contributed by atoms with Gasteiger partial charge in [-0.1, -0.05) is 25.1 Å². The first-order valence-electron chi connectivity index (χ1n) is 6.11. The first-order valence-corrected chi connectivity index (χ1v) is 6.52. The predicted octanol–water partition coefficient (Wildman–Crippen LogP) is 1.89. The maximum absolute atomic E-state index is 12.3. The lowest BCUT2D eigenvalue weighted by atomic mass is 9.76. The highest BCUT2D eigenvalue weighted by molar-refractivity contribution is 7.80. The molecule has 2 aliphatic rings. The molecule has 2 rings (SSSR count). The van der Waals surface area contributed by atoms with Crippen molar-refractivity contribution in [3.05, 3.63) is 0 Å². The van der Waals surface area contributed by atoms with Crippen molar-refractivity contribution in [3.8, 4) is 0 Å². The van der Waals surface area contributed by atoms with Crippen LogP contribution in [0.15, 0.2) is 0 Å². The summed E-state index contributed by atoms with van der Waals surface area (Å²) in [6.07, 6.45) is 7.12. The van der Waals surface area contributed by atoms with Gasteiger partial charge >= 0.3 is 0 Å². The third kappa shape index (κ3) is 1.83. The molecule has 0 unspecified atom stereocenters. The summed E-state index contributed by atoms with van der Waals surface area (Å²) < 4.78 is 0. The Morgan fingerprint density at radius 3 is 2.12 bits per heavy atom. The molecular formula is C12H20N2OS. The molecule has 16 heavy (non-hydrogen) atoms. The molecule has 0 spiro atoms. The van der Waals surface area contributed by atoms with E-state index in [1.807, 2.05) is 0 Å². The normalized spacial score (nSPS) is 25.8. The molecule has 0 bridgehead atoms. The van der Waals surface area contributed by atoms with E-state index in [-0.39, 0.29) is 11.4 Å². The summed E-state index contributed by atoms with van der Waals surface area (Å²) in [7, 11) is 0. The minimum absolute atomic E-state index is 0.00252. The van der Waals surface area contributed by atoms with Crippen LogP contribution in [0.4, 0.5) is 0 Å². The Hall–Kier alpha value is -0.640. The lowest BCUT2D eigenvalue weighted by molar-refractivity contribution is -0.130. The van der Waals surface area contributed by atoms with Gasteiger partial charge in [0, 0.05) is 5.54 Å². The van der Waals surface area contributed by atoms with Gasteiger partial charge in [0.15, 0.2) is 0 Å². The molecule has 1 amide bonds. The van der Waals surface area contributed by atoms with Gasteiger partial charge in [-0.05, 0) is 39.0 Å². The smallest absolute Gasteiger partial charge is 0.233 e. The fraction of sp³-hybridized carbons (Fsp3) is 0.833. The molecule has 2 fully saturated rings. The average molecular weight is 240 g/mol. The summed E-state index contributed by atoms with van der Waals surface area (Å²) in [6, 6.07) is 0. The van der Waals surface area contributed by atoms with Crippen LogP contribution in [-0.2, 0) is 4.79 Å². The highest BCUT2D eigenvalue weighted by Crippen LogP contribution is 2.40. The van der Waals surface area contributed by atoms with Gasteiger partial charge in [0.25, 0.3) is 0 Å². The van der Waals surface area contributed by atoms with Crippen LogP contribution < -0.4 is 11.1 Å². The summed E-state index contributed by atoms with van der Waals surface area (Å²) >= 11 is 5.10. The topological polar surface area (TPSA) is 55.1 Å². The van der Waals surface area contributed by atoms with Crippen LogP contribution in [0, 0.1) is 5.41 Å². The second-order valence-electron chi connectivity index (χ2n) is 5.52. The van der Waals surface area contributed by atoms with Crippen LogP contribution in [0.25, 0.3) is 0 Å². The molecular weight excluding hydrogens is 220 g/mol. The van der Waals surface area contributed by atoms with Crippen LogP contribution in [0.2, 0.25) is 0 Å². The molecule has 0 heterocycles. The van der Waals surface area contributed by atoms with Crippen LogP contribution >= 0.6 is 12.2 Å². The second kappa shape index (κ2) is 3.99. The Labute approximate surface area is 102 Å². The number of hydrogen-bond donors (Lipinski definition) is 2. The van der Waals surface area contributed by atoms with E-state index in [4.69, 9.17) is 18.0 Å². The molecule has 0 aliphatic heterocycles. The van der Waals surface area contributed by atoms with Gasteiger partial charge in [-0.2, -0.15) is 0 Å². The molecule has 3 nitrogen and oxygen atoms in total. The average Bonchev–Trinajstić information content (AvgIpc) is 2.64. The maximum Gasteiger partial charge on any atom is 0.233 e. The number of nitrogens with one attached hydrogen (secondary N) is 1. The van der Waals surface area contributed by atoms with Gasteiger partial charge in [-0.3, -0.25) is 4.79 Å². The van der Waals surface area contributed by atoms with Crippen LogP contribution in [0.5, 0.6) is 0 Å². The highest BCUT2D eigenvalue weighted by atomic mass is 32.1. The van der Waals surface area contributed by atoms with E-state index in [1.54, 1.807) is 0 Å². The molecule has 2 saturated carbocycles. The molecule has 0 aromatic heterocycles.